The fraction of sp³-hybridized carbons (Fsp3) is 0.417. The first-order valence-electron chi connectivity index (χ1n) is 5.48. The third-order valence-electron chi connectivity index (χ3n) is 3.38. The van der Waals surface area contributed by atoms with E-state index in [1.54, 1.807) is 25.4 Å². The molecule has 1 saturated carbocycles. The number of carbonyl (C=O) groups is 1. The number of nitriles is 1. The van der Waals surface area contributed by atoms with E-state index in [4.69, 9.17) is 10.00 Å². The van der Waals surface area contributed by atoms with E-state index in [0.717, 1.165) is 12.8 Å². The van der Waals surface area contributed by atoms with Crippen LogP contribution in [0.1, 0.15) is 12.8 Å². The molecule has 2 aliphatic rings. The molecule has 86 valence electrons. The van der Waals surface area contributed by atoms with Crippen molar-refractivity contribution in [3.63, 3.8) is 0 Å². The van der Waals surface area contributed by atoms with E-state index in [1.807, 2.05) is 0 Å². The lowest BCUT2D eigenvalue weighted by Crippen LogP contribution is -2.48. The highest BCUT2D eigenvalue weighted by Crippen LogP contribution is 2.51. The molecule has 1 fully saturated rings. The molecule has 1 unspecified atom stereocenters. The van der Waals surface area contributed by atoms with E-state index in [0.29, 0.717) is 11.6 Å². The highest BCUT2D eigenvalue weighted by Gasteiger charge is 2.57. The molecule has 0 bridgehead atoms. The topological polar surface area (TPSA) is 66.2 Å². The summed E-state index contributed by atoms with van der Waals surface area (Å²) in [7, 11) is 1.66. The molecule has 0 N–H and O–H groups in total. The molecule has 17 heavy (non-hydrogen) atoms. The van der Waals surface area contributed by atoms with Crippen LogP contribution in [0.5, 0.6) is 5.75 Å². The summed E-state index contributed by atoms with van der Waals surface area (Å²) in [6.07, 6.45) is 2.38. The van der Waals surface area contributed by atoms with Gasteiger partial charge in [0.1, 0.15) is 5.41 Å². The second kappa shape index (κ2) is 3.20. The summed E-state index contributed by atoms with van der Waals surface area (Å²) in [6, 6.07) is 5.74. The van der Waals surface area contributed by atoms with Crippen LogP contribution in [0.15, 0.2) is 18.3 Å². The van der Waals surface area contributed by atoms with Crippen LogP contribution in [0, 0.1) is 16.7 Å². The number of likely N-dealkylation sites (N-methyl/N-ethyl adjacent to an activating group) is 1. The number of aromatic nitrogens is 1. The predicted molar refractivity (Wildman–Crippen MR) is 59.3 cm³/mol. The van der Waals surface area contributed by atoms with E-state index < -0.39 is 11.5 Å². The number of amides is 1. The predicted octanol–water partition coefficient (Wildman–Crippen LogP) is 1.11. The molecule has 1 aromatic heterocycles. The summed E-state index contributed by atoms with van der Waals surface area (Å²) in [4.78, 5) is 17.7. The fourth-order valence-electron chi connectivity index (χ4n) is 2.10. The Kier molecular flexibility index (Phi) is 1.90. The largest absolute Gasteiger partial charge is 0.475 e. The SMILES string of the molecule is CN1C(=O)C(C2(C#N)CC2)Oc2cccnc21. The maximum atomic E-state index is 12.1. The Balaban J connectivity index is 2.03. The molecule has 3 rings (SSSR count). The minimum absolute atomic E-state index is 0.185. The van der Waals surface area contributed by atoms with Crippen LogP contribution in [-0.2, 0) is 4.79 Å². The molecule has 1 atom stereocenters. The standard InChI is InChI=1S/C12H11N3O2/c1-15-10-8(3-2-6-14-10)17-9(11(15)16)12(7-13)4-5-12/h2-3,6,9H,4-5H2,1H3. The maximum Gasteiger partial charge on any atom is 0.270 e. The van der Waals surface area contributed by atoms with Crippen LogP contribution < -0.4 is 9.64 Å². The Bertz CT molecular complexity index is 531. The van der Waals surface area contributed by atoms with Crippen LogP contribution in [-0.4, -0.2) is 24.0 Å². The molecule has 5 heteroatoms. The first-order chi connectivity index (χ1) is 8.18. The number of anilines is 1. The zero-order chi connectivity index (χ0) is 12.0. The third kappa shape index (κ3) is 1.30. The van der Waals surface area contributed by atoms with Crippen molar-refractivity contribution in [2.24, 2.45) is 5.41 Å². The Morgan fingerprint density at radius 2 is 2.41 bits per heavy atom. The average Bonchev–Trinajstić information content (AvgIpc) is 3.15. The van der Waals surface area contributed by atoms with Crippen LogP contribution >= 0.6 is 0 Å². The molecule has 2 heterocycles. The highest BCUT2D eigenvalue weighted by molar-refractivity contribution is 5.99. The Morgan fingerprint density at radius 3 is 3.06 bits per heavy atom. The summed E-state index contributed by atoms with van der Waals surface area (Å²) in [5.74, 6) is 0.902. The zero-order valence-corrected chi connectivity index (χ0v) is 9.38. The van der Waals surface area contributed by atoms with Crippen molar-refractivity contribution in [3.8, 4) is 11.8 Å². The van der Waals surface area contributed by atoms with E-state index in [-0.39, 0.29) is 5.91 Å². The maximum absolute atomic E-state index is 12.1. The van der Waals surface area contributed by atoms with Crippen LogP contribution in [0.25, 0.3) is 0 Å². The fourth-order valence-corrected chi connectivity index (χ4v) is 2.10. The second-order valence-electron chi connectivity index (χ2n) is 4.49. The van der Waals surface area contributed by atoms with Gasteiger partial charge >= 0.3 is 0 Å². The van der Waals surface area contributed by atoms with Crippen molar-refractivity contribution < 1.29 is 9.53 Å². The van der Waals surface area contributed by atoms with Gasteiger partial charge in [-0.2, -0.15) is 5.26 Å². The number of fused-ring (bicyclic) bond motifs is 1. The molecule has 5 nitrogen and oxygen atoms in total. The number of hydrogen-bond donors (Lipinski definition) is 0. The van der Waals surface area contributed by atoms with Crippen LogP contribution in [0.2, 0.25) is 0 Å². The minimum atomic E-state index is -0.686. The number of hydrogen-bond acceptors (Lipinski definition) is 4. The van der Waals surface area contributed by atoms with Crippen LogP contribution in [0.4, 0.5) is 5.82 Å². The number of ether oxygens (including phenoxy) is 1. The summed E-state index contributed by atoms with van der Waals surface area (Å²) >= 11 is 0. The molecule has 0 aromatic carbocycles. The van der Waals surface area contributed by atoms with Gasteiger partial charge in [-0.05, 0) is 25.0 Å². The van der Waals surface area contributed by atoms with E-state index in [1.165, 1.54) is 4.90 Å². The van der Waals surface area contributed by atoms with Gasteiger partial charge in [0.05, 0.1) is 6.07 Å². The van der Waals surface area contributed by atoms with Crippen LogP contribution in [0.3, 0.4) is 0 Å². The van der Waals surface area contributed by atoms with Crippen molar-refractivity contribution in [1.82, 2.24) is 4.98 Å². The van der Waals surface area contributed by atoms with Gasteiger partial charge in [-0.3, -0.25) is 9.69 Å². The summed E-state index contributed by atoms with van der Waals surface area (Å²) in [5, 5.41) is 9.14. The van der Waals surface area contributed by atoms with Crippen molar-refractivity contribution in [3.05, 3.63) is 18.3 Å². The van der Waals surface area contributed by atoms with Gasteiger partial charge in [-0.15, -0.1) is 0 Å². The number of carbonyl (C=O) groups excluding carboxylic acids is 1. The molecule has 1 aliphatic carbocycles. The van der Waals surface area contributed by atoms with Gasteiger partial charge in [-0.1, -0.05) is 0 Å². The van der Waals surface area contributed by atoms with E-state index in [9.17, 15) is 4.79 Å². The zero-order valence-electron chi connectivity index (χ0n) is 9.38. The molecule has 1 aliphatic heterocycles. The van der Waals surface area contributed by atoms with Gasteiger partial charge in [0, 0.05) is 13.2 Å². The number of rotatable bonds is 1. The normalized spacial score (nSPS) is 24.6. The van der Waals surface area contributed by atoms with Crippen molar-refractivity contribution in [1.29, 1.82) is 5.26 Å². The highest BCUT2D eigenvalue weighted by atomic mass is 16.5. The quantitative estimate of drug-likeness (QED) is 0.723. The monoisotopic (exact) mass is 229 g/mol. The molecule has 0 radical (unpaired) electrons. The first-order valence-corrected chi connectivity index (χ1v) is 5.48. The van der Waals surface area contributed by atoms with Crippen molar-refractivity contribution in [2.75, 3.05) is 11.9 Å². The summed E-state index contributed by atoms with van der Waals surface area (Å²) in [5.41, 5.74) is -0.626. The molecular weight excluding hydrogens is 218 g/mol. The number of pyridine rings is 1. The Hall–Kier alpha value is -2.09. The van der Waals surface area contributed by atoms with E-state index >= 15 is 0 Å². The number of nitrogens with zero attached hydrogens (tertiary/aromatic N) is 3. The Labute approximate surface area is 98.6 Å². The molecule has 0 saturated heterocycles. The van der Waals surface area contributed by atoms with Gasteiger partial charge < -0.3 is 4.74 Å². The lowest BCUT2D eigenvalue weighted by Gasteiger charge is -2.32. The van der Waals surface area contributed by atoms with E-state index in [2.05, 4.69) is 11.1 Å². The minimum Gasteiger partial charge on any atom is -0.475 e. The molecule has 0 spiro atoms. The second-order valence-corrected chi connectivity index (χ2v) is 4.49. The third-order valence-corrected chi connectivity index (χ3v) is 3.38. The Morgan fingerprint density at radius 1 is 1.65 bits per heavy atom. The molecule has 1 amide bonds. The lowest BCUT2D eigenvalue weighted by molar-refractivity contribution is -0.128. The van der Waals surface area contributed by atoms with Crippen molar-refractivity contribution >= 4 is 11.7 Å². The summed E-state index contributed by atoms with van der Waals surface area (Å²) < 4.78 is 5.66. The summed E-state index contributed by atoms with van der Waals surface area (Å²) in [6.45, 7) is 0. The van der Waals surface area contributed by atoms with Gasteiger partial charge in [0.15, 0.2) is 17.7 Å². The van der Waals surface area contributed by atoms with Gasteiger partial charge in [-0.25, -0.2) is 4.98 Å². The van der Waals surface area contributed by atoms with Crippen molar-refractivity contribution in [2.45, 2.75) is 18.9 Å². The molecule has 1 aromatic rings. The smallest absolute Gasteiger partial charge is 0.270 e. The molecular formula is C12H11N3O2. The average molecular weight is 229 g/mol. The van der Waals surface area contributed by atoms with Gasteiger partial charge in [0.2, 0.25) is 0 Å². The first kappa shape index (κ1) is 10.1. The van der Waals surface area contributed by atoms with Gasteiger partial charge in [0.25, 0.3) is 5.91 Å². The lowest BCUT2D eigenvalue weighted by atomic mass is 9.98.